The third-order valence-corrected chi connectivity index (χ3v) is 3.17. The Labute approximate surface area is 123 Å². The lowest BCUT2D eigenvalue weighted by Gasteiger charge is -2.30. The molecule has 4 nitrogen and oxygen atoms in total. The molecule has 0 heterocycles. The Kier molecular flexibility index (Phi) is 6.08. The Hall–Kier alpha value is -1.69. The first-order valence-electron chi connectivity index (χ1n) is 6.85. The van der Waals surface area contributed by atoms with E-state index in [1.807, 2.05) is 27.7 Å². The lowest BCUT2D eigenvalue weighted by atomic mass is 10.2. The minimum atomic E-state index is -1.38. The molecule has 1 N–H and O–H groups in total. The monoisotopic (exact) mass is 301 g/mol. The molecule has 0 radical (unpaired) electrons. The zero-order valence-corrected chi connectivity index (χ0v) is 12.7. The number of halogens is 2. The largest absolute Gasteiger partial charge is 0.486 e. The Morgan fingerprint density at radius 3 is 2.05 bits per heavy atom. The summed E-state index contributed by atoms with van der Waals surface area (Å²) in [4.78, 5) is 12.8. The molecule has 0 aliphatic carbocycles. The molecule has 1 aromatic rings. The van der Waals surface area contributed by atoms with Gasteiger partial charge in [-0.1, -0.05) is 0 Å². The van der Waals surface area contributed by atoms with E-state index >= 15 is 0 Å². The molecule has 0 amide bonds. The number of hydrogen-bond acceptors (Lipinski definition) is 3. The number of hydrogen-bond donors (Lipinski definition) is 1. The van der Waals surface area contributed by atoms with Crippen LogP contribution in [0.15, 0.2) is 12.1 Å². The summed E-state index contributed by atoms with van der Waals surface area (Å²) in [7, 11) is 0. The van der Waals surface area contributed by atoms with Crippen LogP contribution in [-0.2, 0) is 0 Å². The van der Waals surface area contributed by atoms with Crippen LogP contribution < -0.4 is 4.74 Å². The summed E-state index contributed by atoms with van der Waals surface area (Å²) in [6, 6.07) is 2.09. The van der Waals surface area contributed by atoms with Crippen molar-refractivity contribution in [3.05, 3.63) is 29.3 Å². The third kappa shape index (κ3) is 4.67. The lowest BCUT2D eigenvalue weighted by molar-refractivity contribution is 0.0695. The summed E-state index contributed by atoms with van der Waals surface area (Å²) in [6.45, 7) is 8.77. The number of carboxylic acids is 1. The summed E-state index contributed by atoms with van der Waals surface area (Å²) in [5.74, 6) is -3.93. The van der Waals surface area contributed by atoms with E-state index < -0.39 is 28.9 Å². The van der Waals surface area contributed by atoms with E-state index in [0.29, 0.717) is 6.54 Å². The van der Waals surface area contributed by atoms with Crippen molar-refractivity contribution in [1.29, 1.82) is 0 Å². The maximum Gasteiger partial charge on any atom is 0.335 e. The van der Waals surface area contributed by atoms with Crippen LogP contribution in [-0.4, -0.2) is 41.2 Å². The van der Waals surface area contributed by atoms with E-state index in [1.165, 1.54) is 0 Å². The summed E-state index contributed by atoms with van der Waals surface area (Å²) in [5.41, 5.74) is -0.441. The second kappa shape index (κ2) is 7.36. The molecule has 0 spiro atoms. The summed E-state index contributed by atoms with van der Waals surface area (Å²) >= 11 is 0. The van der Waals surface area contributed by atoms with Gasteiger partial charge in [-0.15, -0.1) is 0 Å². The number of rotatable bonds is 7. The van der Waals surface area contributed by atoms with Crippen molar-refractivity contribution in [1.82, 2.24) is 4.90 Å². The van der Waals surface area contributed by atoms with Crippen LogP contribution in [0.25, 0.3) is 0 Å². The highest BCUT2D eigenvalue weighted by Gasteiger charge is 2.17. The standard InChI is InChI=1S/C15H21F2NO3/c1-9(2)18(10(3)4)5-6-21-14-12(16)7-11(15(19)20)8-13(14)17/h7-10H,5-6H2,1-4H3,(H,19,20). The predicted octanol–water partition coefficient (Wildman–Crippen LogP) is 3.16. The fraction of sp³-hybridized carbons (Fsp3) is 0.533. The first kappa shape index (κ1) is 17.4. The molecule has 0 atom stereocenters. The average molecular weight is 301 g/mol. The highest BCUT2D eigenvalue weighted by atomic mass is 19.1. The number of benzene rings is 1. The van der Waals surface area contributed by atoms with Gasteiger partial charge < -0.3 is 9.84 Å². The molecule has 0 unspecified atom stereocenters. The number of ether oxygens (including phenoxy) is 1. The van der Waals surface area contributed by atoms with Crippen LogP contribution >= 0.6 is 0 Å². The van der Waals surface area contributed by atoms with Crippen molar-refractivity contribution >= 4 is 5.97 Å². The van der Waals surface area contributed by atoms with Crippen molar-refractivity contribution in [3.8, 4) is 5.75 Å². The van der Waals surface area contributed by atoms with Gasteiger partial charge in [0.1, 0.15) is 6.61 Å². The molecule has 1 aromatic carbocycles. The summed E-state index contributed by atoms with van der Waals surface area (Å²) in [6.07, 6.45) is 0. The molecule has 0 fully saturated rings. The Balaban J connectivity index is 2.74. The normalized spacial score (nSPS) is 11.5. The van der Waals surface area contributed by atoms with Crippen molar-refractivity contribution in [2.45, 2.75) is 39.8 Å². The van der Waals surface area contributed by atoms with Gasteiger partial charge in [0.25, 0.3) is 0 Å². The number of carbonyl (C=O) groups is 1. The fourth-order valence-corrected chi connectivity index (χ4v) is 2.19. The molecule has 0 bridgehead atoms. The maximum atomic E-state index is 13.7. The van der Waals surface area contributed by atoms with E-state index in [1.54, 1.807) is 0 Å². The van der Waals surface area contributed by atoms with Gasteiger partial charge in [0.05, 0.1) is 5.56 Å². The van der Waals surface area contributed by atoms with E-state index in [9.17, 15) is 13.6 Å². The second-order valence-corrected chi connectivity index (χ2v) is 5.35. The van der Waals surface area contributed by atoms with Crippen LogP contribution in [0.4, 0.5) is 8.78 Å². The van der Waals surface area contributed by atoms with Crippen LogP contribution in [0, 0.1) is 11.6 Å². The Morgan fingerprint density at radius 2 is 1.67 bits per heavy atom. The van der Waals surface area contributed by atoms with Crippen molar-refractivity contribution in [2.24, 2.45) is 0 Å². The molecule has 21 heavy (non-hydrogen) atoms. The molecule has 0 saturated carbocycles. The lowest BCUT2D eigenvalue weighted by Crippen LogP contribution is -2.39. The third-order valence-electron chi connectivity index (χ3n) is 3.17. The first-order chi connectivity index (χ1) is 9.73. The molecule has 0 aliphatic rings. The van der Waals surface area contributed by atoms with E-state index in [2.05, 4.69) is 4.90 Å². The van der Waals surface area contributed by atoms with Crippen molar-refractivity contribution in [3.63, 3.8) is 0 Å². The van der Waals surface area contributed by atoms with Crippen LogP contribution in [0.3, 0.4) is 0 Å². The van der Waals surface area contributed by atoms with Crippen LogP contribution in [0.2, 0.25) is 0 Å². The number of nitrogens with zero attached hydrogens (tertiary/aromatic N) is 1. The Morgan fingerprint density at radius 1 is 1.19 bits per heavy atom. The molecule has 0 aliphatic heterocycles. The van der Waals surface area contributed by atoms with Gasteiger partial charge in [-0.25, -0.2) is 13.6 Å². The molecular weight excluding hydrogens is 280 g/mol. The molecule has 0 saturated heterocycles. The Bertz CT molecular complexity index is 473. The zero-order chi connectivity index (χ0) is 16.2. The SMILES string of the molecule is CC(C)N(CCOc1c(F)cc(C(=O)O)cc1F)C(C)C. The highest BCUT2D eigenvalue weighted by molar-refractivity contribution is 5.87. The van der Waals surface area contributed by atoms with Gasteiger partial charge >= 0.3 is 5.97 Å². The topological polar surface area (TPSA) is 49.8 Å². The number of aromatic carboxylic acids is 1. The molecule has 1 rings (SSSR count). The number of carboxylic acid groups (broad SMARTS) is 1. The smallest absolute Gasteiger partial charge is 0.335 e. The van der Waals surface area contributed by atoms with E-state index in [0.717, 1.165) is 12.1 Å². The highest BCUT2D eigenvalue weighted by Crippen LogP contribution is 2.23. The molecular formula is C15H21F2NO3. The summed E-state index contributed by atoms with van der Waals surface area (Å²) < 4.78 is 32.5. The average Bonchev–Trinajstić information content (AvgIpc) is 2.35. The van der Waals surface area contributed by atoms with Crippen LogP contribution in [0.1, 0.15) is 38.1 Å². The first-order valence-corrected chi connectivity index (χ1v) is 6.85. The molecule has 118 valence electrons. The van der Waals surface area contributed by atoms with Gasteiger partial charge in [0, 0.05) is 18.6 Å². The van der Waals surface area contributed by atoms with Gasteiger partial charge in [-0.3, -0.25) is 4.90 Å². The van der Waals surface area contributed by atoms with Gasteiger partial charge in [0.15, 0.2) is 17.4 Å². The predicted molar refractivity (Wildman–Crippen MR) is 75.8 cm³/mol. The molecule has 0 aromatic heterocycles. The molecule has 6 heteroatoms. The quantitative estimate of drug-likeness (QED) is 0.840. The van der Waals surface area contributed by atoms with E-state index in [4.69, 9.17) is 9.84 Å². The minimum Gasteiger partial charge on any atom is -0.486 e. The van der Waals surface area contributed by atoms with Gasteiger partial charge in [0.2, 0.25) is 0 Å². The van der Waals surface area contributed by atoms with Crippen LogP contribution in [0.5, 0.6) is 5.75 Å². The second-order valence-electron chi connectivity index (χ2n) is 5.35. The maximum absolute atomic E-state index is 13.7. The minimum absolute atomic E-state index is 0.122. The zero-order valence-electron chi connectivity index (χ0n) is 12.7. The van der Waals surface area contributed by atoms with Gasteiger partial charge in [-0.2, -0.15) is 0 Å². The fourth-order valence-electron chi connectivity index (χ4n) is 2.19. The van der Waals surface area contributed by atoms with E-state index in [-0.39, 0.29) is 18.7 Å². The summed E-state index contributed by atoms with van der Waals surface area (Å²) in [5, 5.41) is 8.71. The van der Waals surface area contributed by atoms with Crippen molar-refractivity contribution in [2.75, 3.05) is 13.2 Å². The van der Waals surface area contributed by atoms with Crippen molar-refractivity contribution < 1.29 is 23.4 Å². The van der Waals surface area contributed by atoms with Gasteiger partial charge in [-0.05, 0) is 39.8 Å².